The van der Waals surface area contributed by atoms with E-state index in [1.165, 1.54) is 22.8 Å². The Morgan fingerprint density at radius 3 is 2.55 bits per heavy atom. The molecule has 2 aliphatic carbocycles. The number of hydrogen-bond donors (Lipinski definition) is 0. The first-order valence-electron chi connectivity index (χ1n) is 7.66. The lowest BCUT2D eigenvalue weighted by atomic mass is 9.84. The van der Waals surface area contributed by atoms with Gasteiger partial charge in [-0.05, 0) is 46.4 Å². The zero-order valence-electron chi connectivity index (χ0n) is 11.9. The van der Waals surface area contributed by atoms with Gasteiger partial charge in [0, 0.05) is 0 Å². The summed E-state index contributed by atoms with van der Waals surface area (Å²) in [5.74, 6) is 2.91. The van der Waals surface area contributed by atoms with Crippen molar-refractivity contribution in [2.24, 2.45) is 17.8 Å². The van der Waals surface area contributed by atoms with Crippen molar-refractivity contribution in [3.05, 3.63) is 72.3 Å². The predicted molar refractivity (Wildman–Crippen MR) is 85.7 cm³/mol. The number of benzene rings is 2. The van der Waals surface area contributed by atoms with Gasteiger partial charge in [0.25, 0.3) is 0 Å². The molecule has 4 atom stereocenters. The third kappa shape index (κ3) is 1.83. The van der Waals surface area contributed by atoms with Crippen LogP contribution in [0.15, 0.2) is 66.8 Å². The van der Waals surface area contributed by atoms with Crippen LogP contribution in [0.4, 0.5) is 0 Å². The molecule has 2 aliphatic rings. The maximum absolute atomic E-state index is 2.42. The van der Waals surface area contributed by atoms with Gasteiger partial charge in [-0.25, -0.2) is 0 Å². The Balaban J connectivity index is 1.72. The molecule has 1 saturated carbocycles. The quantitative estimate of drug-likeness (QED) is 0.651. The third-order valence-corrected chi connectivity index (χ3v) is 5.27. The predicted octanol–water partition coefficient (Wildman–Crippen LogP) is 5.32. The second-order valence-corrected chi connectivity index (χ2v) is 6.32. The molecule has 1 fully saturated rings. The van der Waals surface area contributed by atoms with Crippen molar-refractivity contribution in [3.63, 3.8) is 0 Å². The standard InChI is InChI=1S/C20H20/c1-14-19-9-5-4-8-17(19)13-20(14)18-11-10-15-6-2-3-7-16(15)12-18/h2-12,14,17,19-20H,13H2,1H3. The monoisotopic (exact) mass is 260 g/mol. The zero-order valence-corrected chi connectivity index (χ0v) is 11.9. The lowest BCUT2D eigenvalue weighted by Crippen LogP contribution is -2.12. The molecule has 0 spiro atoms. The van der Waals surface area contributed by atoms with Crippen molar-refractivity contribution < 1.29 is 0 Å². The van der Waals surface area contributed by atoms with Gasteiger partial charge in [-0.3, -0.25) is 0 Å². The van der Waals surface area contributed by atoms with E-state index in [2.05, 4.69) is 73.7 Å². The number of rotatable bonds is 1. The molecule has 2 aromatic carbocycles. The van der Waals surface area contributed by atoms with E-state index < -0.39 is 0 Å². The first-order valence-corrected chi connectivity index (χ1v) is 7.66. The van der Waals surface area contributed by atoms with E-state index in [-0.39, 0.29) is 0 Å². The summed E-state index contributed by atoms with van der Waals surface area (Å²) in [6.07, 6.45) is 10.6. The Morgan fingerprint density at radius 1 is 0.900 bits per heavy atom. The second kappa shape index (κ2) is 4.63. The van der Waals surface area contributed by atoms with Crippen molar-refractivity contribution >= 4 is 10.8 Å². The van der Waals surface area contributed by atoms with Gasteiger partial charge in [-0.2, -0.15) is 0 Å². The highest BCUT2D eigenvalue weighted by atomic mass is 14.4. The number of hydrogen-bond acceptors (Lipinski definition) is 0. The molecule has 0 aromatic heterocycles. The Labute approximate surface area is 120 Å². The van der Waals surface area contributed by atoms with Crippen LogP contribution in [-0.2, 0) is 0 Å². The summed E-state index contributed by atoms with van der Waals surface area (Å²) in [5, 5.41) is 2.72. The number of allylic oxidation sites excluding steroid dienone is 4. The summed E-state index contributed by atoms with van der Waals surface area (Å²) < 4.78 is 0. The smallest absolute Gasteiger partial charge is 0.0124 e. The molecule has 100 valence electrons. The van der Waals surface area contributed by atoms with Gasteiger partial charge in [0.1, 0.15) is 0 Å². The van der Waals surface area contributed by atoms with Crippen LogP contribution in [0.3, 0.4) is 0 Å². The maximum Gasteiger partial charge on any atom is -0.0124 e. The van der Waals surface area contributed by atoms with Gasteiger partial charge >= 0.3 is 0 Å². The highest BCUT2D eigenvalue weighted by molar-refractivity contribution is 5.83. The van der Waals surface area contributed by atoms with Crippen LogP contribution < -0.4 is 0 Å². The minimum atomic E-state index is 0.696. The molecule has 20 heavy (non-hydrogen) atoms. The van der Waals surface area contributed by atoms with Gasteiger partial charge in [-0.1, -0.05) is 73.7 Å². The van der Waals surface area contributed by atoms with Crippen LogP contribution in [0.1, 0.15) is 24.8 Å². The van der Waals surface area contributed by atoms with Crippen LogP contribution in [0, 0.1) is 17.8 Å². The van der Waals surface area contributed by atoms with E-state index in [1.54, 1.807) is 0 Å². The third-order valence-electron chi connectivity index (χ3n) is 5.27. The average Bonchev–Trinajstić information content (AvgIpc) is 2.84. The Bertz CT molecular complexity index is 692. The van der Waals surface area contributed by atoms with E-state index in [4.69, 9.17) is 0 Å². The summed E-state index contributed by atoms with van der Waals surface area (Å²) in [7, 11) is 0. The Morgan fingerprint density at radius 2 is 1.70 bits per heavy atom. The van der Waals surface area contributed by atoms with Crippen molar-refractivity contribution in [3.8, 4) is 0 Å². The zero-order chi connectivity index (χ0) is 13.5. The summed E-state index contributed by atoms with van der Waals surface area (Å²) in [6, 6.07) is 15.7. The molecule has 0 saturated heterocycles. The highest BCUT2D eigenvalue weighted by Crippen LogP contribution is 2.49. The van der Waals surface area contributed by atoms with Crippen LogP contribution in [-0.4, -0.2) is 0 Å². The van der Waals surface area contributed by atoms with Crippen molar-refractivity contribution in [2.75, 3.05) is 0 Å². The molecule has 4 unspecified atom stereocenters. The fraction of sp³-hybridized carbons (Fsp3) is 0.300. The summed E-state index contributed by atoms with van der Waals surface area (Å²) >= 11 is 0. The van der Waals surface area contributed by atoms with Gasteiger partial charge < -0.3 is 0 Å². The minimum absolute atomic E-state index is 0.696. The molecule has 0 nitrogen and oxygen atoms in total. The summed E-state index contributed by atoms with van der Waals surface area (Å²) in [6.45, 7) is 2.42. The molecular formula is C20H20. The maximum atomic E-state index is 2.42. The van der Waals surface area contributed by atoms with Crippen LogP contribution in [0.5, 0.6) is 0 Å². The van der Waals surface area contributed by atoms with Gasteiger partial charge in [-0.15, -0.1) is 0 Å². The Hall–Kier alpha value is -1.82. The fourth-order valence-corrected chi connectivity index (χ4v) is 4.13. The molecule has 0 heterocycles. The second-order valence-electron chi connectivity index (χ2n) is 6.32. The molecule has 2 aromatic rings. The van der Waals surface area contributed by atoms with E-state index in [0.717, 1.165) is 17.8 Å². The van der Waals surface area contributed by atoms with Gasteiger partial charge in [0.2, 0.25) is 0 Å². The lowest BCUT2D eigenvalue weighted by Gasteiger charge is -2.21. The van der Waals surface area contributed by atoms with Crippen LogP contribution >= 0.6 is 0 Å². The summed E-state index contributed by atoms with van der Waals surface area (Å²) in [4.78, 5) is 0. The molecule has 0 N–H and O–H groups in total. The van der Waals surface area contributed by atoms with E-state index >= 15 is 0 Å². The summed E-state index contributed by atoms with van der Waals surface area (Å²) in [5.41, 5.74) is 1.52. The average molecular weight is 260 g/mol. The molecule has 0 heteroatoms. The fourth-order valence-electron chi connectivity index (χ4n) is 4.13. The molecular weight excluding hydrogens is 240 g/mol. The molecule has 0 amide bonds. The van der Waals surface area contributed by atoms with Crippen LogP contribution in [0.25, 0.3) is 10.8 Å². The molecule has 0 aliphatic heterocycles. The van der Waals surface area contributed by atoms with E-state index in [9.17, 15) is 0 Å². The normalized spacial score (nSPS) is 31.6. The van der Waals surface area contributed by atoms with Crippen molar-refractivity contribution in [1.29, 1.82) is 0 Å². The van der Waals surface area contributed by atoms with Crippen molar-refractivity contribution in [1.82, 2.24) is 0 Å². The van der Waals surface area contributed by atoms with Crippen molar-refractivity contribution in [2.45, 2.75) is 19.3 Å². The molecule has 0 radical (unpaired) electrons. The SMILES string of the molecule is CC1C(c2ccc3ccccc3c2)CC2C=CC=CC21. The topological polar surface area (TPSA) is 0 Å². The van der Waals surface area contributed by atoms with Gasteiger partial charge in [0.05, 0.1) is 0 Å². The van der Waals surface area contributed by atoms with E-state index in [0.29, 0.717) is 5.92 Å². The lowest BCUT2D eigenvalue weighted by molar-refractivity contribution is 0.431. The molecule has 0 bridgehead atoms. The Kier molecular flexibility index (Phi) is 2.77. The first kappa shape index (κ1) is 12.0. The van der Waals surface area contributed by atoms with Crippen LogP contribution in [0.2, 0.25) is 0 Å². The number of fused-ring (bicyclic) bond motifs is 2. The first-order chi connectivity index (χ1) is 9.83. The van der Waals surface area contributed by atoms with E-state index in [1.807, 2.05) is 0 Å². The minimum Gasteiger partial charge on any atom is -0.0808 e. The molecule has 4 rings (SSSR count). The highest BCUT2D eigenvalue weighted by Gasteiger charge is 2.39. The largest absolute Gasteiger partial charge is 0.0808 e. The van der Waals surface area contributed by atoms with Gasteiger partial charge in [0.15, 0.2) is 0 Å².